The van der Waals surface area contributed by atoms with Gasteiger partial charge in [-0.25, -0.2) is 8.42 Å². The molecule has 0 bridgehead atoms. The fourth-order valence-corrected chi connectivity index (χ4v) is 3.68. The Morgan fingerprint density at radius 1 is 1.08 bits per heavy atom. The van der Waals surface area contributed by atoms with E-state index in [0.717, 1.165) is 36.9 Å². The Balaban J connectivity index is 1.70. The maximum absolute atomic E-state index is 12.1. The molecule has 1 saturated carbocycles. The van der Waals surface area contributed by atoms with Crippen LogP contribution in [0.1, 0.15) is 32.6 Å². The topological polar surface area (TPSA) is 89.0 Å². The number of anilines is 1. The highest BCUT2D eigenvalue weighted by molar-refractivity contribution is 7.91. The average molecular weight is 359 g/mol. The van der Waals surface area contributed by atoms with Crippen LogP contribution in [0.5, 0.6) is 0 Å². The number of sulfone groups is 1. The van der Waals surface area contributed by atoms with Gasteiger partial charge in [0.05, 0.1) is 11.4 Å². The number of rotatable bonds is 5. The normalized spacial score (nSPS) is 15.2. The maximum atomic E-state index is 12.1. The van der Waals surface area contributed by atoms with E-state index < -0.39 is 9.84 Å². The first kappa shape index (κ1) is 17.5. The molecule has 7 heteroatoms. The maximum Gasteiger partial charge on any atom is 0.227 e. The van der Waals surface area contributed by atoms with Crippen molar-refractivity contribution in [3.8, 4) is 11.3 Å². The Hall–Kier alpha value is -2.28. The van der Waals surface area contributed by atoms with Crippen molar-refractivity contribution >= 4 is 21.4 Å². The Bertz CT molecular complexity index is 840. The van der Waals surface area contributed by atoms with Gasteiger partial charge < -0.3 is 5.32 Å². The molecule has 1 heterocycles. The number of nitrogens with one attached hydrogen (secondary N) is 1. The van der Waals surface area contributed by atoms with E-state index >= 15 is 0 Å². The molecule has 132 valence electrons. The first-order valence-corrected chi connectivity index (χ1v) is 10.1. The van der Waals surface area contributed by atoms with Crippen molar-refractivity contribution in [2.45, 2.75) is 37.6 Å². The predicted molar refractivity (Wildman–Crippen MR) is 95.8 cm³/mol. The summed E-state index contributed by atoms with van der Waals surface area (Å²) in [5.74, 6) is 0.203. The second-order valence-corrected chi connectivity index (χ2v) is 8.43. The molecule has 6 nitrogen and oxygen atoms in total. The highest BCUT2D eigenvalue weighted by atomic mass is 32.2. The van der Waals surface area contributed by atoms with Crippen molar-refractivity contribution in [1.29, 1.82) is 0 Å². The van der Waals surface area contributed by atoms with Gasteiger partial charge in [0.2, 0.25) is 5.91 Å². The van der Waals surface area contributed by atoms with E-state index in [1.807, 2.05) is 24.3 Å². The molecule has 0 atom stereocenters. The minimum Gasteiger partial charge on any atom is -0.326 e. The first-order valence-electron chi connectivity index (χ1n) is 8.47. The molecule has 1 aliphatic carbocycles. The van der Waals surface area contributed by atoms with Crippen LogP contribution in [0.4, 0.5) is 5.69 Å². The lowest BCUT2D eigenvalue weighted by Crippen LogP contribution is -2.20. The van der Waals surface area contributed by atoms with Crippen molar-refractivity contribution < 1.29 is 13.2 Å². The van der Waals surface area contributed by atoms with E-state index in [0.29, 0.717) is 5.69 Å². The number of benzene rings is 1. The van der Waals surface area contributed by atoms with Crippen LogP contribution in [0.2, 0.25) is 0 Å². The number of nitrogens with zero attached hydrogens (tertiary/aromatic N) is 2. The molecule has 1 N–H and O–H groups in total. The highest BCUT2D eigenvalue weighted by Crippen LogP contribution is 2.26. The van der Waals surface area contributed by atoms with Gasteiger partial charge in [0.15, 0.2) is 14.9 Å². The van der Waals surface area contributed by atoms with Crippen LogP contribution in [0, 0.1) is 5.92 Å². The van der Waals surface area contributed by atoms with E-state index in [1.54, 1.807) is 13.0 Å². The quantitative estimate of drug-likeness (QED) is 0.886. The fraction of sp³-hybridized carbons (Fsp3) is 0.389. The van der Waals surface area contributed by atoms with Crippen molar-refractivity contribution in [2.75, 3.05) is 11.1 Å². The average Bonchev–Trinajstić information content (AvgIpc) is 3.17. The lowest BCUT2D eigenvalue weighted by molar-refractivity contribution is -0.119. The van der Waals surface area contributed by atoms with Gasteiger partial charge in [0.1, 0.15) is 0 Å². The molecular formula is C18H21N3O3S. The lowest BCUT2D eigenvalue weighted by Gasteiger charge is -2.10. The summed E-state index contributed by atoms with van der Waals surface area (Å²) in [4.78, 5) is 12.1. The van der Waals surface area contributed by atoms with Crippen LogP contribution < -0.4 is 5.32 Å². The van der Waals surface area contributed by atoms with Crippen molar-refractivity contribution in [3.63, 3.8) is 0 Å². The zero-order valence-electron chi connectivity index (χ0n) is 14.1. The Morgan fingerprint density at radius 3 is 2.32 bits per heavy atom. The van der Waals surface area contributed by atoms with Gasteiger partial charge in [0, 0.05) is 17.2 Å². The molecule has 0 saturated heterocycles. The summed E-state index contributed by atoms with van der Waals surface area (Å²) in [5.41, 5.74) is 2.15. The first-order chi connectivity index (χ1) is 12.0. The summed E-state index contributed by atoms with van der Waals surface area (Å²) in [5, 5.41) is 10.7. The zero-order chi connectivity index (χ0) is 17.9. The third-order valence-corrected chi connectivity index (χ3v) is 6.13. The minimum absolute atomic E-state index is 0.00356. The van der Waals surface area contributed by atoms with E-state index in [2.05, 4.69) is 15.5 Å². The standard InChI is InChI=1S/C18H21N3O3S/c1-2-25(23,24)17-12-11-16(20-21-17)13-7-9-15(10-8-13)19-18(22)14-5-3-4-6-14/h7-12,14H,2-6H2,1H3,(H,19,22). The highest BCUT2D eigenvalue weighted by Gasteiger charge is 2.22. The molecular weight excluding hydrogens is 338 g/mol. The van der Waals surface area contributed by atoms with Crippen LogP contribution in [-0.4, -0.2) is 30.3 Å². The molecule has 0 radical (unpaired) electrons. The van der Waals surface area contributed by atoms with Gasteiger partial charge in [-0.1, -0.05) is 31.9 Å². The van der Waals surface area contributed by atoms with Gasteiger partial charge in [-0.15, -0.1) is 10.2 Å². The number of hydrogen-bond acceptors (Lipinski definition) is 5. The molecule has 25 heavy (non-hydrogen) atoms. The molecule has 1 aliphatic rings. The van der Waals surface area contributed by atoms with Crippen molar-refractivity contribution in [3.05, 3.63) is 36.4 Å². The van der Waals surface area contributed by atoms with Gasteiger partial charge in [0.25, 0.3) is 0 Å². The minimum atomic E-state index is -3.35. The Morgan fingerprint density at radius 2 is 1.76 bits per heavy atom. The third-order valence-electron chi connectivity index (χ3n) is 4.51. The summed E-state index contributed by atoms with van der Waals surface area (Å²) in [6.07, 6.45) is 4.18. The smallest absolute Gasteiger partial charge is 0.227 e. The van der Waals surface area contributed by atoms with Crippen LogP contribution in [-0.2, 0) is 14.6 Å². The fourth-order valence-electron chi connectivity index (χ4n) is 2.94. The van der Waals surface area contributed by atoms with Gasteiger partial charge in [-0.2, -0.15) is 0 Å². The van der Waals surface area contributed by atoms with Gasteiger partial charge >= 0.3 is 0 Å². The molecule has 2 aromatic rings. The number of hydrogen-bond donors (Lipinski definition) is 1. The SMILES string of the molecule is CCS(=O)(=O)c1ccc(-c2ccc(NC(=O)C3CCCC3)cc2)nn1. The molecule has 1 fully saturated rings. The van der Waals surface area contributed by atoms with Gasteiger partial charge in [-0.3, -0.25) is 4.79 Å². The molecule has 3 rings (SSSR count). The summed E-state index contributed by atoms with van der Waals surface area (Å²) in [6, 6.07) is 10.4. The number of carbonyl (C=O) groups is 1. The second-order valence-electron chi connectivity index (χ2n) is 6.21. The summed E-state index contributed by atoms with van der Waals surface area (Å²) in [6.45, 7) is 1.57. The molecule has 0 unspecified atom stereocenters. The second kappa shape index (κ2) is 7.31. The van der Waals surface area contributed by atoms with Crippen LogP contribution in [0.15, 0.2) is 41.4 Å². The van der Waals surface area contributed by atoms with E-state index in [-0.39, 0.29) is 22.6 Å². The lowest BCUT2D eigenvalue weighted by atomic mass is 10.1. The number of amides is 1. The predicted octanol–water partition coefficient (Wildman–Crippen LogP) is 3.07. The largest absolute Gasteiger partial charge is 0.326 e. The summed E-state index contributed by atoms with van der Waals surface area (Å²) >= 11 is 0. The molecule has 1 amide bonds. The van der Waals surface area contributed by atoms with E-state index in [4.69, 9.17) is 0 Å². The molecule has 1 aromatic heterocycles. The third kappa shape index (κ3) is 4.04. The molecule has 0 aliphatic heterocycles. The number of carbonyl (C=O) groups excluding carboxylic acids is 1. The molecule has 1 aromatic carbocycles. The summed E-state index contributed by atoms with van der Waals surface area (Å²) < 4.78 is 23.5. The van der Waals surface area contributed by atoms with E-state index in [1.165, 1.54) is 6.07 Å². The van der Waals surface area contributed by atoms with E-state index in [9.17, 15) is 13.2 Å². The zero-order valence-corrected chi connectivity index (χ0v) is 14.9. The Kier molecular flexibility index (Phi) is 5.13. The molecule has 0 spiro atoms. The van der Waals surface area contributed by atoms with Crippen LogP contribution >= 0.6 is 0 Å². The van der Waals surface area contributed by atoms with Crippen molar-refractivity contribution in [2.24, 2.45) is 5.92 Å². The monoisotopic (exact) mass is 359 g/mol. The number of aromatic nitrogens is 2. The van der Waals surface area contributed by atoms with Gasteiger partial charge in [-0.05, 0) is 37.1 Å². The van der Waals surface area contributed by atoms with Crippen LogP contribution in [0.25, 0.3) is 11.3 Å². The summed E-state index contributed by atoms with van der Waals surface area (Å²) in [7, 11) is -3.35. The Labute approximate surface area is 147 Å². The van der Waals surface area contributed by atoms with Crippen molar-refractivity contribution in [1.82, 2.24) is 10.2 Å². The van der Waals surface area contributed by atoms with Crippen LogP contribution in [0.3, 0.4) is 0 Å².